The van der Waals surface area contributed by atoms with Crippen LogP contribution in [0.4, 0.5) is 11.4 Å². The summed E-state index contributed by atoms with van der Waals surface area (Å²) in [4.78, 5) is 25.0. The third kappa shape index (κ3) is 6.45. The summed E-state index contributed by atoms with van der Waals surface area (Å²) in [5, 5.41) is 15.5. The van der Waals surface area contributed by atoms with Crippen molar-refractivity contribution in [2.45, 2.75) is 13.8 Å². The number of hydrogen-bond donors (Lipinski definition) is 2. The van der Waals surface area contributed by atoms with Crippen LogP contribution >= 0.6 is 11.6 Å². The fourth-order valence-electron chi connectivity index (χ4n) is 3.01. The first-order chi connectivity index (χ1) is 15.9. The van der Waals surface area contributed by atoms with Gasteiger partial charge in [-0.3, -0.25) is 9.59 Å². The molecule has 0 aliphatic carbocycles. The Morgan fingerprint density at radius 3 is 2.18 bits per heavy atom. The van der Waals surface area contributed by atoms with Gasteiger partial charge < -0.3 is 15.4 Å². The number of benzene rings is 3. The van der Waals surface area contributed by atoms with Crippen LogP contribution in [-0.4, -0.2) is 18.4 Å². The summed E-state index contributed by atoms with van der Waals surface area (Å²) in [6.07, 6.45) is 1.38. The lowest BCUT2D eigenvalue weighted by molar-refractivity contribution is -0.118. The van der Waals surface area contributed by atoms with Crippen molar-refractivity contribution in [3.05, 3.63) is 94.0 Å². The molecule has 3 rings (SSSR count). The van der Waals surface area contributed by atoms with Crippen LogP contribution in [0.1, 0.15) is 16.7 Å². The molecule has 3 aromatic carbocycles. The van der Waals surface area contributed by atoms with Crippen molar-refractivity contribution in [1.29, 1.82) is 5.26 Å². The maximum absolute atomic E-state index is 12.7. The zero-order valence-corrected chi connectivity index (χ0v) is 18.9. The standard InChI is InChI=1S/C26H22ClN3O3/c1-17-7-3-5-9-22(17)29-25(31)16-33-24-12-11-21(27)14-19(24)13-20(15-28)26(32)30-23-10-6-4-8-18(23)2/h3-14H,16H2,1-2H3,(H,29,31)(H,30,32)/b20-13-. The molecule has 0 spiro atoms. The number of nitrogens with one attached hydrogen (secondary N) is 2. The highest BCUT2D eigenvalue weighted by molar-refractivity contribution is 6.30. The molecule has 0 saturated carbocycles. The SMILES string of the molecule is Cc1ccccc1NC(=O)COc1ccc(Cl)cc1/C=C(/C#N)C(=O)Nc1ccccc1C. The third-order valence-corrected chi connectivity index (χ3v) is 5.04. The van der Waals surface area contributed by atoms with E-state index in [4.69, 9.17) is 16.3 Å². The molecule has 6 nitrogen and oxygen atoms in total. The molecule has 0 saturated heterocycles. The van der Waals surface area contributed by atoms with Crippen molar-refractivity contribution in [2.75, 3.05) is 17.2 Å². The molecule has 0 unspecified atom stereocenters. The van der Waals surface area contributed by atoms with E-state index < -0.39 is 5.91 Å². The fourth-order valence-corrected chi connectivity index (χ4v) is 3.19. The van der Waals surface area contributed by atoms with Gasteiger partial charge in [-0.1, -0.05) is 48.0 Å². The van der Waals surface area contributed by atoms with Gasteiger partial charge in [-0.2, -0.15) is 5.26 Å². The van der Waals surface area contributed by atoms with Gasteiger partial charge in [0, 0.05) is 22.0 Å². The number of nitriles is 1. The lowest BCUT2D eigenvalue weighted by Crippen LogP contribution is -2.21. The number of aryl methyl sites for hydroxylation is 2. The highest BCUT2D eigenvalue weighted by Gasteiger charge is 2.14. The second kappa shape index (κ2) is 11.0. The van der Waals surface area contributed by atoms with Gasteiger partial charge in [0.2, 0.25) is 0 Å². The van der Waals surface area contributed by atoms with Crippen LogP contribution in [0.2, 0.25) is 5.02 Å². The minimum Gasteiger partial charge on any atom is -0.483 e. The highest BCUT2D eigenvalue weighted by atomic mass is 35.5. The van der Waals surface area contributed by atoms with Crippen LogP contribution in [-0.2, 0) is 9.59 Å². The Balaban J connectivity index is 1.76. The van der Waals surface area contributed by atoms with Crippen molar-refractivity contribution >= 4 is 40.9 Å². The molecular weight excluding hydrogens is 438 g/mol. The minimum atomic E-state index is -0.560. The summed E-state index contributed by atoms with van der Waals surface area (Å²) in [7, 11) is 0. The fraction of sp³-hybridized carbons (Fsp3) is 0.115. The molecule has 0 aliphatic heterocycles. The average molecular weight is 460 g/mol. The molecule has 2 N–H and O–H groups in total. The average Bonchev–Trinajstić information content (AvgIpc) is 2.79. The zero-order valence-electron chi connectivity index (χ0n) is 18.2. The van der Waals surface area contributed by atoms with Crippen LogP contribution in [0.3, 0.4) is 0 Å². The Labute approximate surface area is 197 Å². The first-order valence-electron chi connectivity index (χ1n) is 10.1. The monoisotopic (exact) mass is 459 g/mol. The number of anilines is 2. The number of para-hydroxylation sites is 2. The largest absolute Gasteiger partial charge is 0.483 e. The second-order valence-corrected chi connectivity index (χ2v) is 7.71. The molecule has 3 aromatic rings. The van der Waals surface area contributed by atoms with Crippen molar-refractivity contribution in [3.63, 3.8) is 0 Å². The molecule has 0 fully saturated rings. The molecule has 33 heavy (non-hydrogen) atoms. The van der Waals surface area contributed by atoms with Crippen LogP contribution < -0.4 is 15.4 Å². The molecule has 0 aliphatic rings. The van der Waals surface area contributed by atoms with Gasteiger partial charge in [-0.05, 0) is 61.4 Å². The van der Waals surface area contributed by atoms with E-state index in [1.807, 2.05) is 50.2 Å². The van der Waals surface area contributed by atoms with Crippen molar-refractivity contribution in [3.8, 4) is 11.8 Å². The number of ether oxygens (including phenoxy) is 1. The molecule has 0 radical (unpaired) electrons. The first kappa shape index (κ1) is 23.6. The van der Waals surface area contributed by atoms with Gasteiger partial charge in [0.1, 0.15) is 17.4 Å². The zero-order chi connectivity index (χ0) is 23.8. The minimum absolute atomic E-state index is 0.130. The number of rotatable bonds is 7. The molecule has 7 heteroatoms. The van der Waals surface area contributed by atoms with Gasteiger partial charge in [-0.15, -0.1) is 0 Å². The predicted molar refractivity (Wildman–Crippen MR) is 130 cm³/mol. The van der Waals surface area contributed by atoms with E-state index in [9.17, 15) is 14.9 Å². The molecular formula is C26H22ClN3O3. The van der Waals surface area contributed by atoms with E-state index in [1.165, 1.54) is 6.08 Å². The normalized spacial score (nSPS) is 10.8. The third-order valence-electron chi connectivity index (χ3n) is 4.81. The van der Waals surface area contributed by atoms with Gasteiger partial charge in [0.05, 0.1) is 0 Å². The summed E-state index contributed by atoms with van der Waals surface area (Å²) >= 11 is 6.11. The lowest BCUT2D eigenvalue weighted by atomic mass is 10.1. The van der Waals surface area contributed by atoms with Crippen LogP contribution in [0.25, 0.3) is 6.08 Å². The molecule has 0 bridgehead atoms. The smallest absolute Gasteiger partial charge is 0.266 e. The molecule has 0 atom stereocenters. The van der Waals surface area contributed by atoms with Gasteiger partial charge in [0.15, 0.2) is 6.61 Å². The summed E-state index contributed by atoms with van der Waals surface area (Å²) in [5.74, 6) is -0.585. The number of nitrogens with zero attached hydrogens (tertiary/aromatic N) is 1. The van der Waals surface area contributed by atoms with Crippen LogP contribution in [0.5, 0.6) is 5.75 Å². The highest BCUT2D eigenvalue weighted by Crippen LogP contribution is 2.26. The quantitative estimate of drug-likeness (QED) is 0.359. The van der Waals surface area contributed by atoms with Gasteiger partial charge >= 0.3 is 0 Å². The first-order valence-corrected chi connectivity index (χ1v) is 10.5. The van der Waals surface area contributed by atoms with E-state index in [2.05, 4.69) is 10.6 Å². The predicted octanol–water partition coefficient (Wildman–Crippen LogP) is 5.52. The van der Waals surface area contributed by atoms with Gasteiger partial charge in [0.25, 0.3) is 11.8 Å². The van der Waals surface area contributed by atoms with Crippen molar-refractivity contribution in [1.82, 2.24) is 0 Å². The summed E-state index contributed by atoms with van der Waals surface area (Å²) < 4.78 is 5.67. The molecule has 166 valence electrons. The maximum atomic E-state index is 12.7. The van der Waals surface area contributed by atoms with Gasteiger partial charge in [-0.25, -0.2) is 0 Å². The summed E-state index contributed by atoms with van der Waals surface area (Å²) in [6, 6.07) is 21.3. The Kier molecular flexibility index (Phi) is 7.85. The topological polar surface area (TPSA) is 91.2 Å². The van der Waals surface area contributed by atoms with E-state index in [0.717, 1.165) is 11.1 Å². The number of amides is 2. The van der Waals surface area contributed by atoms with Crippen LogP contribution in [0.15, 0.2) is 72.3 Å². The van der Waals surface area contributed by atoms with Crippen LogP contribution in [0, 0.1) is 25.2 Å². The molecule has 2 amide bonds. The summed E-state index contributed by atoms with van der Waals surface area (Å²) in [5.41, 5.74) is 3.38. The Morgan fingerprint density at radius 1 is 0.970 bits per heavy atom. The maximum Gasteiger partial charge on any atom is 0.266 e. The van der Waals surface area contributed by atoms with Crippen molar-refractivity contribution < 1.29 is 14.3 Å². The van der Waals surface area contributed by atoms with E-state index in [1.54, 1.807) is 36.4 Å². The number of carbonyl (C=O) groups excluding carboxylic acids is 2. The Morgan fingerprint density at radius 2 is 1.58 bits per heavy atom. The van der Waals surface area contributed by atoms with Crippen molar-refractivity contribution in [2.24, 2.45) is 0 Å². The van der Waals surface area contributed by atoms with E-state index >= 15 is 0 Å². The molecule has 0 heterocycles. The van der Waals surface area contributed by atoms with E-state index in [-0.39, 0.29) is 18.1 Å². The second-order valence-electron chi connectivity index (χ2n) is 7.27. The molecule has 0 aromatic heterocycles. The summed E-state index contributed by atoms with van der Waals surface area (Å²) in [6.45, 7) is 3.49. The van der Waals surface area contributed by atoms with E-state index in [0.29, 0.717) is 27.7 Å². The number of carbonyl (C=O) groups is 2. The lowest BCUT2D eigenvalue weighted by Gasteiger charge is -2.12. The Bertz CT molecular complexity index is 1260. The number of hydrogen-bond acceptors (Lipinski definition) is 4. The number of halogens is 1. The Hall–Kier alpha value is -4.08.